The van der Waals surface area contributed by atoms with E-state index in [1.165, 1.54) is 6.07 Å². The standard InChI is InChI=1S/C20H23FN4O2/c1-12(2)27-18-7-15-14(6-16(18)21)9-22-20(15)17-8-19(24-11-23-17)25-4-5-26-10-13(25)3/h6-8,11-13H,4-5,9-10H2,1-3H3. The highest BCUT2D eigenvalue weighted by molar-refractivity contribution is 6.14. The Morgan fingerprint density at radius 3 is 2.89 bits per heavy atom. The molecule has 142 valence electrons. The van der Waals surface area contributed by atoms with Crippen molar-refractivity contribution in [3.63, 3.8) is 0 Å². The fraction of sp³-hybridized carbons (Fsp3) is 0.450. The van der Waals surface area contributed by atoms with Gasteiger partial charge in [0, 0.05) is 18.2 Å². The van der Waals surface area contributed by atoms with Gasteiger partial charge in [-0.15, -0.1) is 0 Å². The number of rotatable bonds is 4. The van der Waals surface area contributed by atoms with Crippen LogP contribution in [0.1, 0.15) is 37.6 Å². The average molecular weight is 370 g/mol. The Kier molecular flexibility index (Phi) is 4.78. The van der Waals surface area contributed by atoms with Gasteiger partial charge in [0.05, 0.1) is 43.3 Å². The Morgan fingerprint density at radius 2 is 2.11 bits per heavy atom. The minimum atomic E-state index is -0.357. The fourth-order valence-corrected chi connectivity index (χ4v) is 3.46. The number of morpholine rings is 1. The van der Waals surface area contributed by atoms with Crippen LogP contribution in [0.15, 0.2) is 29.5 Å². The van der Waals surface area contributed by atoms with Crippen LogP contribution in [0.5, 0.6) is 5.75 Å². The molecule has 1 atom stereocenters. The summed E-state index contributed by atoms with van der Waals surface area (Å²) < 4.78 is 25.4. The molecule has 1 fully saturated rings. The molecule has 0 amide bonds. The first-order valence-corrected chi connectivity index (χ1v) is 9.23. The third-order valence-electron chi connectivity index (χ3n) is 4.74. The molecule has 1 unspecified atom stereocenters. The predicted octanol–water partition coefficient (Wildman–Crippen LogP) is 2.98. The van der Waals surface area contributed by atoms with Crippen LogP contribution in [0.4, 0.5) is 10.2 Å². The van der Waals surface area contributed by atoms with Crippen molar-refractivity contribution in [3.05, 3.63) is 47.2 Å². The largest absolute Gasteiger partial charge is 0.488 e. The molecule has 6 nitrogen and oxygen atoms in total. The number of aliphatic imine (C=N–C) groups is 1. The van der Waals surface area contributed by atoms with Crippen LogP contribution < -0.4 is 9.64 Å². The van der Waals surface area contributed by atoms with Crippen molar-refractivity contribution in [1.82, 2.24) is 9.97 Å². The van der Waals surface area contributed by atoms with Gasteiger partial charge in [-0.05, 0) is 38.5 Å². The molecule has 0 spiro atoms. The quantitative estimate of drug-likeness (QED) is 0.828. The minimum Gasteiger partial charge on any atom is -0.488 e. The van der Waals surface area contributed by atoms with E-state index in [0.717, 1.165) is 34.9 Å². The van der Waals surface area contributed by atoms with Crippen LogP contribution in [-0.2, 0) is 11.3 Å². The molecule has 2 aromatic rings. The molecule has 2 aliphatic heterocycles. The van der Waals surface area contributed by atoms with E-state index in [-0.39, 0.29) is 23.7 Å². The monoisotopic (exact) mass is 370 g/mol. The molecule has 1 saturated heterocycles. The molecule has 1 aromatic carbocycles. The van der Waals surface area contributed by atoms with E-state index in [9.17, 15) is 4.39 Å². The Bertz CT molecular complexity index is 884. The Labute approximate surface area is 158 Å². The van der Waals surface area contributed by atoms with E-state index in [4.69, 9.17) is 9.47 Å². The van der Waals surface area contributed by atoms with Crippen molar-refractivity contribution in [2.75, 3.05) is 24.7 Å². The zero-order valence-electron chi connectivity index (χ0n) is 15.8. The first-order valence-electron chi connectivity index (χ1n) is 9.23. The summed E-state index contributed by atoms with van der Waals surface area (Å²) in [6, 6.07) is 5.44. The number of hydrogen-bond acceptors (Lipinski definition) is 6. The average Bonchev–Trinajstić information content (AvgIpc) is 3.05. The van der Waals surface area contributed by atoms with Crippen LogP contribution >= 0.6 is 0 Å². The molecule has 0 bridgehead atoms. The van der Waals surface area contributed by atoms with E-state index in [1.807, 2.05) is 19.9 Å². The second kappa shape index (κ2) is 7.23. The number of hydrogen-bond donors (Lipinski definition) is 0. The number of benzene rings is 1. The molecule has 0 radical (unpaired) electrons. The molecule has 4 rings (SSSR count). The smallest absolute Gasteiger partial charge is 0.165 e. The summed E-state index contributed by atoms with van der Waals surface area (Å²) in [5.74, 6) is 0.742. The zero-order chi connectivity index (χ0) is 19.0. The maximum atomic E-state index is 14.3. The van der Waals surface area contributed by atoms with Gasteiger partial charge < -0.3 is 14.4 Å². The van der Waals surface area contributed by atoms with Gasteiger partial charge in [-0.25, -0.2) is 14.4 Å². The van der Waals surface area contributed by atoms with Gasteiger partial charge in [0.1, 0.15) is 12.1 Å². The van der Waals surface area contributed by atoms with E-state index in [0.29, 0.717) is 19.8 Å². The predicted molar refractivity (Wildman–Crippen MR) is 101 cm³/mol. The van der Waals surface area contributed by atoms with Gasteiger partial charge in [-0.3, -0.25) is 4.99 Å². The Morgan fingerprint density at radius 1 is 1.26 bits per heavy atom. The molecule has 0 aliphatic carbocycles. The highest BCUT2D eigenvalue weighted by atomic mass is 19.1. The second-order valence-electron chi connectivity index (χ2n) is 7.15. The number of fused-ring (bicyclic) bond motifs is 1. The summed E-state index contributed by atoms with van der Waals surface area (Å²) in [7, 11) is 0. The Balaban J connectivity index is 1.67. The lowest BCUT2D eigenvalue weighted by Gasteiger charge is -2.34. The number of nitrogens with zero attached hydrogens (tertiary/aromatic N) is 4. The van der Waals surface area contributed by atoms with Crippen LogP contribution in [-0.4, -0.2) is 47.6 Å². The Hall–Kier alpha value is -2.54. The maximum Gasteiger partial charge on any atom is 0.165 e. The fourth-order valence-electron chi connectivity index (χ4n) is 3.46. The van der Waals surface area contributed by atoms with E-state index < -0.39 is 0 Å². The van der Waals surface area contributed by atoms with Crippen molar-refractivity contribution >= 4 is 11.5 Å². The summed E-state index contributed by atoms with van der Waals surface area (Å²) in [5.41, 5.74) is 3.20. The van der Waals surface area contributed by atoms with Crippen LogP contribution in [0, 0.1) is 5.82 Å². The van der Waals surface area contributed by atoms with Crippen LogP contribution in [0.3, 0.4) is 0 Å². The lowest BCUT2D eigenvalue weighted by Crippen LogP contribution is -2.44. The summed E-state index contributed by atoms with van der Waals surface area (Å²) in [5, 5.41) is 0. The lowest BCUT2D eigenvalue weighted by molar-refractivity contribution is 0.0985. The SMILES string of the molecule is CC(C)Oc1cc2c(cc1F)CN=C2c1cc(N2CCOCC2C)ncn1. The molecule has 1 aromatic heterocycles. The minimum absolute atomic E-state index is 0.104. The molecule has 27 heavy (non-hydrogen) atoms. The van der Waals surface area contributed by atoms with E-state index in [1.54, 1.807) is 12.4 Å². The highest BCUT2D eigenvalue weighted by Gasteiger charge is 2.25. The van der Waals surface area contributed by atoms with Crippen molar-refractivity contribution in [1.29, 1.82) is 0 Å². The molecular formula is C20H23FN4O2. The molecule has 7 heteroatoms. The summed E-state index contributed by atoms with van der Waals surface area (Å²) in [4.78, 5) is 15.7. The number of ether oxygens (including phenoxy) is 2. The van der Waals surface area contributed by atoms with Crippen molar-refractivity contribution in [2.45, 2.75) is 39.5 Å². The van der Waals surface area contributed by atoms with E-state index >= 15 is 0 Å². The second-order valence-corrected chi connectivity index (χ2v) is 7.15. The zero-order valence-corrected chi connectivity index (χ0v) is 15.8. The van der Waals surface area contributed by atoms with Gasteiger partial charge in [0.25, 0.3) is 0 Å². The van der Waals surface area contributed by atoms with Gasteiger partial charge in [0.15, 0.2) is 11.6 Å². The first-order chi connectivity index (χ1) is 13.0. The van der Waals surface area contributed by atoms with Gasteiger partial charge in [0.2, 0.25) is 0 Å². The molecular weight excluding hydrogens is 347 g/mol. The number of anilines is 1. The topological polar surface area (TPSA) is 59.8 Å². The highest BCUT2D eigenvalue weighted by Crippen LogP contribution is 2.30. The van der Waals surface area contributed by atoms with Gasteiger partial charge in [-0.1, -0.05) is 0 Å². The molecule has 0 saturated carbocycles. The number of halogens is 1. The lowest BCUT2D eigenvalue weighted by atomic mass is 10.0. The molecule has 0 N–H and O–H groups in total. The third-order valence-corrected chi connectivity index (χ3v) is 4.74. The van der Waals surface area contributed by atoms with Crippen molar-refractivity contribution in [3.8, 4) is 5.75 Å². The normalized spacial score (nSPS) is 19.2. The van der Waals surface area contributed by atoms with Crippen molar-refractivity contribution < 1.29 is 13.9 Å². The maximum absolute atomic E-state index is 14.3. The molecule has 3 heterocycles. The summed E-state index contributed by atoms with van der Waals surface area (Å²) >= 11 is 0. The van der Waals surface area contributed by atoms with Crippen LogP contribution in [0.2, 0.25) is 0 Å². The third kappa shape index (κ3) is 3.51. The number of aromatic nitrogens is 2. The van der Waals surface area contributed by atoms with Gasteiger partial charge >= 0.3 is 0 Å². The summed E-state index contributed by atoms with van der Waals surface area (Å²) in [6.45, 7) is 8.46. The van der Waals surface area contributed by atoms with Crippen LogP contribution in [0.25, 0.3) is 0 Å². The van der Waals surface area contributed by atoms with Gasteiger partial charge in [-0.2, -0.15) is 0 Å². The molecule has 2 aliphatic rings. The summed E-state index contributed by atoms with van der Waals surface area (Å²) in [6.07, 6.45) is 1.45. The van der Waals surface area contributed by atoms with Crippen molar-refractivity contribution in [2.24, 2.45) is 4.99 Å². The first kappa shape index (κ1) is 17.9. The van der Waals surface area contributed by atoms with E-state index in [2.05, 4.69) is 26.8 Å².